The van der Waals surface area contributed by atoms with Crippen LogP contribution in [-0.4, -0.2) is 17.0 Å². The van der Waals surface area contributed by atoms with Crippen LogP contribution in [0.3, 0.4) is 0 Å². The highest BCUT2D eigenvalue weighted by Gasteiger charge is 2.46. The van der Waals surface area contributed by atoms with Gasteiger partial charge in [-0.25, -0.2) is 5.48 Å². The van der Waals surface area contributed by atoms with Crippen molar-refractivity contribution >= 4 is 11.8 Å². The quantitative estimate of drug-likeness (QED) is 0.176. The van der Waals surface area contributed by atoms with Gasteiger partial charge in [-0.1, -0.05) is 43.2 Å². The molecule has 1 aromatic rings. The Morgan fingerprint density at radius 3 is 2.41 bits per heavy atom. The van der Waals surface area contributed by atoms with E-state index in [1.807, 2.05) is 13.8 Å². The van der Waals surface area contributed by atoms with Crippen LogP contribution < -0.4 is 11.2 Å². The third kappa shape index (κ3) is 3.55. The first-order chi connectivity index (χ1) is 10.4. The summed E-state index contributed by atoms with van der Waals surface area (Å²) in [5, 5.41) is 12.4. The van der Waals surface area contributed by atoms with Gasteiger partial charge in [0.05, 0.1) is 6.54 Å². The number of primary amides is 1. The Morgan fingerprint density at radius 1 is 1.41 bits per heavy atom. The number of carbonyl (C=O) groups is 2. The number of nitrogens with two attached hydrogens (primary N) is 1. The highest BCUT2D eigenvalue weighted by Crippen LogP contribution is 2.32. The van der Waals surface area contributed by atoms with Crippen LogP contribution in [0.25, 0.3) is 10.4 Å². The SMILES string of the molecule is CC(C)CC(C(N)=O)(C(=O)NO)c1ccc(CN=[N+]=[N-])cc1. The third-order valence-corrected chi connectivity index (χ3v) is 3.39. The van der Waals surface area contributed by atoms with E-state index in [2.05, 4.69) is 10.0 Å². The molecule has 1 rings (SSSR count). The Bertz CT molecular complexity index is 593. The van der Waals surface area contributed by atoms with E-state index in [0.29, 0.717) is 5.56 Å². The number of nitrogens with one attached hydrogen (secondary N) is 1. The molecule has 0 radical (unpaired) electrons. The number of amides is 2. The van der Waals surface area contributed by atoms with Gasteiger partial charge in [0.15, 0.2) is 5.41 Å². The van der Waals surface area contributed by atoms with Crippen LogP contribution in [0.5, 0.6) is 0 Å². The van der Waals surface area contributed by atoms with Gasteiger partial charge in [-0.2, -0.15) is 0 Å². The van der Waals surface area contributed by atoms with Crippen LogP contribution in [0.15, 0.2) is 29.4 Å². The number of carbonyl (C=O) groups excluding carboxylic acids is 2. The van der Waals surface area contributed by atoms with Crippen LogP contribution >= 0.6 is 0 Å². The summed E-state index contributed by atoms with van der Waals surface area (Å²) in [6.45, 7) is 3.85. The number of benzene rings is 1. The van der Waals surface area contributed by atoms with Crippen molar-refractivity contribution in [2.45, 2.75) is 32.2 Å². The number of hydroxylamine groups is 1. The van der Waals surface area contributed by atoms with Crippen molar-refractivity contribution < 1.29 is 14.8 Å². The van der Waals surface area contributed by atoms with Gasteiger partial charge in [0.2, 0.25) is 5.91 Å². The van der Waals surface area contributed by atoms with Crippen molar-refractivity contribution in [3.8, 4) is 0 Å². The number of azide groups is 1. The lowest BCUT2D eigenvalue weighted by molar-refractivity contribution is -0.142. The molecule has 2 amide bonds. The maximum atomic E-state index is 12.1. The van der Waals surface area contributed by atoms with Crippen LogP contribution in [0, 0.1) is 5.92 Å². The largest absolute Gasteiger partial charge is 0.368 e. The van der Waals surface area contributed by atoms with Gasteiger partial charge in [-0.05, 0) is 29.0 Å². The number of nitrogens with zero attached hydrogens (tertiary/aromatic N) is 3. The van der Waals surface area contributed by atoms with Gasteiger partial charge in [-0.3, -0.25) is 14.8 Å². The van der Waals surface area contributed by atoms with E-state index >= 15 is 0 Å². The van der Waals surface area contributed by atoms with Gasteiger partial charge in [0.25, 0.3) is 5.91 Å². The minimum Gasteiger partial charge on any atom is -0.368 e. The molecule has 8 nitrogen and oxygen atoms in total. The zero-order valence-corrected chi connectivity index (χ0v) is 12.5. The molecule has 0 aliphatic rings. The topological polar surface area (TPSA) is 141 Å². The molecule has 0 aliphatic heterocycles. The summed E-state index contributed by atoms with van der Waals surface area (Å²) in [7, 11) is 0. The van der Waals surface area contributed by atoms with E-state index in [1.165, 1.54) is 5.48 Å². The van der Waals surface area contributed by atoms with Gasteiger partial charge >= 0.3 is 0 Å². The Hall–Kier alpha value is -2.57. The van der Waals surface area contributed by atoms with E-state index in [4.69, 9.17) is 16.5 Å². The van der Waals surface area contributed by atoms with E-state index in [9.17, 15) is 9.59 Å². The predicted molar refractivity (Wildman–Crippen MR) is 79.5 cm³/mol. The molecule has 1 unspecified atom stereocenters. The summed E-state index contributed by atoms with van der Waals surface area (Å²) in [5.41, 5.74) is 14.8. The van der Waals surface area contributed by atoms with E-state index < -0.39 is 17.2 Å². The zero-order chi connectivity index (χ0) is 16.8. The molecule has 0 aromatic heterocycles. The Kier molecular flexibility index (Phi) is 5.91. The maximum Gasteiger partial charge on any atom is 0.263 e. The fraction of sp³-hybridized carbons (Fsp3) is 0.429. The van der Waals surface area contributed by atoms with Crippen molar-refractivity contribution in [2.75, 3.05) is 0 Å². The van der Waals surface area contributed by atoms with E-state index in [-0.39, 0.29) is 18.9 Å². The molecule has 22 heavy (non-hydrogen) atoms. The summed E-state index contributed by atoms with van der Waals surface area (Å²) < 4.78 is 0. The fourth-order valence-electron chi connectivity index (χ4n) is 2.41. The number of hydrogen-bond acceptors (Lipinski definition) is 4. The molecular weight excluding hydrogens is 286 g/mol. The summed E-state index contributed by atoms with van der Waals surface area (Å²) in [6, 6.07) is 6.44. The lowest BCUT2D eigenvalue weighted by atomic mass is 9.73. The zero-order valence-electron chi connectivity index (χ0n) is 12.5. The van der Waals surface area contributed by atoms with Gasteiger partial charge < -0.3 is 5.73 Å². The molecule has 118 valence electrons. The highest BCUT2D eigenvalue weighted by atomic mass is 16.5. The normalized spacial score (nSPS) is 13.1. The second-order valence-electron chi connectivity index (χ2n) is 5.39. The Balaban J connectivity index is 3.33. The van der Waals surface area contributed by atoms with Crippen LogP contribution in [-0.2, 0) is 21.5 Å². The Labute approximate surface area is 127 Å². The van der Waals surface area contributed by atoms with Crippen molar-refractivity contribution in [1.29, 1.82) is 0 Å². The van der Waals surface area contributed by atoms with Crippen molar-refractivity contribution in [2.24, 2.45) is 16.8 Å². The predicted octanol–water partition coefficient (Wildman–Crippen LogP) is 1.77. The molecule has 0 heterocycles. The molecule has 1 aromatic carbocycles. The van der Waals surface area contributed by atoms with Crippen LogP contribution in [0.1, 0.15) is 31.4 Å². The molecule has 0 bridgehead atoms. The minimum absolute atomic E-state index is 0.00679. The first-order valence-corrected chi connectivity index (χ1v) is 6.73. The van der Waals surface area contributed by atoms with Crippen LogP contribution in [0.2, 0.25) is 0 Å². The summed E-state index contributed by atoms with van der Waals surface area (Å²) >= 11 is 0. The standard InChI is InChI=1S/C14H19N5O3/c1-9(2)7-14(12(15)20,13(21)18-22)11-5-3-10(4-6-11)8-17-19-16/h3-6,9,22H,7-8H2,1-2H3,(H2,15,20)(H,18,21). The lowest BCUT2D eigenvalue weighted by Crippen LogP contribution is -2.53. The molecule has 8 heteroatoms. The summed E-state index contributed by atoms with van der Waals surface area (Å²) in [5.74, 6) is -1.71. The molecule has 1 atom stereocenters. The Morgan fingerprint density at radius 2 is 2.00 bits per heavy atom. The monoisotopic (exact) mass is 305 g/mol. The molecule has 0 saturated carbocycles. The summed E-state index contributed by atoms with van der Waals surface area (Å²) in [6.07, 6.45) is 0.157. The van der Waals surface area contributed by atoms with Gasteiger partial charge in [-0.15, -0.1) is 0 Å². The fourth-order valence-corrected chi connectivity index (χ4v) is 2.41. The van der Waals surface area contributed by atoms with Crippen LogP contribution in [0.4, 0.5) is 0 Å². The average molecular weight is 305 g/mol. The first kappa shape index (κ1) is 17.5. The molecule has 0 fully saturated rings. The lowest BCUT2D eigenvalue weighted by Gasteiger charge is -2.30. The smallest absolute Gasteiger partial charge is 0.263 e. The van der Waals surface area contributed by atoms with Crippen molar-refractivity contribution in [3.05, 3.63) is 45.8 Å². The van der Waals surface area contributed by atoms with Gasteiger partial charge in [0, 0.05) is 4.91 Å². The molecular formula is C14H19N5O3. The first-order valence-electron chi connectivity index (χ1n) is 6.73. The van der Waals surface area contributed by atoms with Gasteiger partial charge in [0.1, 0.15) is 0 Å². The second-order valence-corrected chi connectivity index (χ2v) is 5.39. The number of rotatable bonds is 7. The molecule has 4 N–H and O–H groups in total. The molecule has 0 spiro atoms. The second kappa shape index (κ2) is 7.44. The molecule has 0 saturated heterocycles. The van der Waals surface area contributed by atoms with E-state index in [0.717, 1.165) is 5.56 Å². The number of hydrogen-bond donors (Lipinski definition) is 3. The van der Waals surface area contributed by atoms with E-state index in [1.54, 1.807) is 24.3 Å². The summed E-state index contributed by atoms with van der Waals surface area (Å²) in [4.78, 5) is 26.8. The van der Waals surface area contributed by atoms with Crippen molar-refractivity contribution in [1.82, 2.24) is 5.48 Å². The third-order valence-electron chi connectivity index (χ3n) is 3.39. The maximum absolute atomic E-state index is 12.1. The molecule has 0 aliphatic carbocycles. The average Bonchev–Trinajstić information content (AvgIpc) is 2.49. The van der Waals surface area contributed by atoms with Crippen molar-refractivity contribution in [3.63, 3.8) is 0 Å². The highest BCUT2D eigenvalue weighted by molar-refractivity contribution is 6.09. The minimum atomic E-state index is -1.65.